The molecule has 0 aliphatic heterocycles. The molecule has 0 amide bonds. The minimum absolute atomic E-state index is 0.456. The van der Waals surface area contributed by atoms with E-state index in [1.807, 2.05) is 0 Å². The zero-order valence-corrected chi connectivity index (χ0v) is 11.8. The highest BCUT2D eigenvalue weighted by Crippen LogP contribution is 2.40. The average molecular weight is 243 g/mol. The molecule has 1 aromatic rings. The van der Waals surface area contributed by atoms with Crippen molar-refractivity contribution in [1.29, 1.82) is 0 Å². The number of fused-ring (bicyclic) bond motifs is 1. The molecule has 1 heteroatoms. The van der Waals surface area contributed by atoms with E-state index in [1.54, 1.807) is 11.1 Å². The highest BCUT2D eigenvalue weighted by molar-refractivity contribution is 5.56. The number of rotatable bonds is 2. The van der Waals surface area contributed by atoms with Gasteiger partial charge in [0.25, 0.3) is 0 Å². The van der Waals surface area contributed by atoms with E-state index in [0.29, 0.717) is 11.5 Å². The Bertz CT molecular complexity index is 433. The van der Waals surface area contributed by atoms with Gasteiger partial charge in [-0.15, -0.1) is 0 Å². The van der Waals surface area contributed by atoms with E-state index in [2.05, 4.69) is 37.4 Å². The first-order valence-electron chi connectivity index (χ1n) is 7.54. The lowest BCUT2D eigenvalue weighted by molar-refractivity contribution is 0.350. The SMILES string of the molecule is CC1(C)CCCC1Nc1cccc2c1CCCC2. The fourth-order valence-electron chi connectivity index (χ4n) is 3.70. The summed E-state index contributed by atoms with van der Waals surface area (Å²) in [6, 6.07) is 7.50. The molecular weight excluding hydrogens is 218 g/mol. The number of hydrogen-bond acceptors (Lipinski definition) is 1. The molecule has 0 saturated heterocycles. The van der Waals surface area contributed by atoms with Gasteiger partial charge >= 0.3 is 0 Å². The average Bonchev–Trinajstić information content (AvgIpc) is 2.69. The Morgan fingerprint density at radius 1 is 1.11 bits per heavy atom. The monoisotopic (exact) mass is 243 g/mol. The van der Waals surface area contributed by atoms with Crippen molar-refractivity contribution in [2.75, 3.05) is 5.32 Å². The largest absolute Gasteiger partial charge is 0.382 e. The molecule has 3 rings (SSSR count). The van der Waals surface area contributed by atoms with Crippen LogP contribution in [0.25, 0.3) is 0 Å². The summed E-state index contributed by atoms with van der Waals surface area (Å²) in [6.45, 7) is 4.82. The third kappa shape index (κ3) is 2.15. The van der Waals surface area contributed by atoms with E-state index < -0.39 is 0 Å². The van der Waals surface area contributed by atoms with Gasteiger partial charge in [-0.2, -0.15) is 0 Å². The maximum Gasteiger partial charge on any atom is 0.0377 e. The Kier molecular flexibility index (Phi) is 3.09. The molecule has 18 heavy (non-hydrogen) atoms. The first-order valence-corrected chi connectivity index (χ1v) is 7.54. The molecule has 0 aromatic heterocycles. The molecule has 98 valence electrons. The molecule has 2 aliphatic carbocycles. The van der Waals surface area contributed by atoms with Crippen molar-refractivity contribution < 1.29 is 0 Å². The zero-order chi connectivity index (χ0) is 12.6. The highest BCUT2D eigenvalue weighted by Gasteiger charge is 2.34. The second kappa shape index (κ2) is 4.60. The van der Waals surface area contributed by atoms with Gasteiger partial charge in [0.15, 0.2) is 0 Å². The lowest BCUT2D eigenvalue weighted by Crippen LogP contribution is -2.31. The molecule has 0 radical (unpaired) electrons. The molecule has 1 nitrogen and oxygen atoms in total. The zero-order valence-electron chi connectivity index (χ0n) is 11.8. The molecule has 1 fully saturated rings. The van der Waals surface area contributed by atoms with Crippen LogP contribution in [-0.2, 0) is 12.8 Å². The maximum absolute atomic E-state index is 3.86. The van der Waals surface area contributed by atoms with Gasteiger partial charge in [-0.1, -0.05) is 32.4 Å². The van der Waals surface area contributed by atoms with Crippen molar-refractivity contribution in [3.63, 3.8) is 0 Å². The van der Waals surface area contributed by atoms with E-state index in [4.69, 9.17) is 0 Å². The Balaban J connectivity index is 1.85. The van der Waals surface area contributed by atoms with Crippen LogP contribution in [0.3, 0.4) is 0 Å². The van der Waals surface area contributed by atoms with Crippen LogP contribution in [0.1, 0.15) is 57.1 Å². The van der Waals surface area contributed by atoms with E-state index in [0.717, 1.165) is 0 Å². The molecule has 1 atom stereocenters. The molecule has 1 aromatic carbocycles. The summed E-state index contributed by atoms with van der Waals surface area (Å²) in [7, 11) is 0. The number of aryl methyl sites for hydroxylation is 1. The summed E-state index contributed by atoms with van der Waals surface area (Å²) < 4.78 is 0. The van der Waals surface area contributed by atoms with Crippen LogP contribution in [0.5, 0.6) is 0 Å². The minimum Gasteiger partial charge on any atom is -0.382 e. The smallest absolute Gasteiger partial charge is 0.0377 e. The van der Waals surface area contributed by atoms with Gasteiger partial charge in [0.05, 0.1) is 0 Å². The summed E-state index contributed by atoms with van der Waals surface area (Å²) in [4.78, 5) is 0. The van der Waals surface area contributed by atoms with E-state index >= 15 is 0 Å². The molecule has 1 saturated carbocycles. The van der Waals surface area contributed by atoms with Gasteiger partial charge in [0.1, 0.15) is 0 Å². The highest BCUT2D eigenvalue weighted by atomic mass is 14.9. The Labute approximate surface area is 111 Å². The van der Waals surface area contributed by atoms with Gasteiger partial charge in [-0.05, 0) is 61.1 Å². The van der Waals surface area contributed by atoms with Gasteiger partial charge in [0, 0.05) is 11.7 Å². The van der Waals surface area contributed by atoms with Crippen LogP contribution in [0.4, 0.5) is 5.69 Å². The molecule has 0 spiro atoms. The van der Waals surface area contributed by atoms with Crippen LogP contribution in [-0.4, -0.2) is 6.04 Å². The van der Waals surface area contributed by atoms with Gasteiger partial charge in [-0.3, -0.25) is 0 Å². The molecule has 0 bridgehead atoms. The van der Waals surface area contributed by atoms with Crippen molar-refractivity contribution in [2.45, 2.75) is 64.8 Å². The third-order valence-electron chi connectivity index (χ3n) is 4.98. The molecular formula is C17H25N. The van der Waals surface area contributed by atoms with E-state index in [9.17, 15) is 0 Å². The van der Waals surface area contributed by atoms with Crippen LogP contribution in [0.15, 0.2) is 18.2 Å². The first kappa shape index (κ1) is 12.1. The van der Waals surface area contributed by atoms with E-state index in [1.165, 1.54) is 50.6 Å². The van der Waals surface area contributed by atoms with E-state index in [-0.39, 0.29) is 0 Å². The summed E-state index contributed by atoms with van der Waals surface area (Å²) in [6.07, 6.45) is 9.34. The number of anilines is 1. The summed E-state index contributed by atoms with van der Waals surface area (Å²) in [5.74, 6) is 0. The Morgan fingerprint density at radius 3 is 2.72 bits per heavy atom. The van der Waals surface area contributed by atoms with Crippen LogP contribution in [0.2, 0.25) is 0 Å². The third-order valence-corrected chi connectivity index (χ3v) is 4.98. The van der Waals surface area contributed by atoms with Gasteiger partial charge in [-0.25, -0.2) is 0 Å². The Hall–Kier alpha value is -0.980. The lowest BCUT2D eigenvalue weighted by Gasteiger charge is -2.30. The van der Waals surface area contributed by atoms with Crippen molar-refractivity contribution in [3.05, 3.63) is 29.3 Å². The first-order chi connectivity index (χ1) is 8.67. The summed E-state index contributed by atoms with van der Waals surface area (Å²) >= 11 is 0. The number of benzene rings is 1. The fraction of sp³-hybridized carbons (Fsp3) is 0.647. The minimum atomic E-state index is 0.456. The maximum atomic E-state index is 3.86. The van der Waals surface area contributed by atoms with Crippen LogP contribution >= 0.6 is 0 Å². The van der Waals surface area contributed by atoms with Crippen molar-refractivity contribution in [1.82, 2.24) is 0 Å². The predicted molar refractivity (Wildman–Crippen MR) is 78.1 cm³/mol. The quantitative estimate of drug-likeness (QED) is 0.803. The predicted octanol–water partition coefficient (Wildman–Crippen LogP) is 4.56. The molecule has 0 heterocycles. The normalized spacial score (nSPS) is 25.8. The molecule has 1 N–H and O–H groups in total. The van der Waals surface area contributed by atoms with Crippen molar-refractivity contribution in [2.24, 2.45) is 5.41 Å². The lowest BCUT2D eigenvalue weighted by atomic mass is 9.86. The van der Waals surface area contributed by atoms with Gasteiger partial charge < -0.3 is 5.32 Å². The second-order valence-corrected chi connectivity index (χ2v) is 6.73. The topological polar surface area (TPSA) is 12.0 Å². The van der Waals surface area contributed by atoms with Gasteiger partial charge in [0.2, 0.25) is 0 Å². The van der Waals surface area contributed by atoms with Crippen molar-refractivity contribution in [3.8, 4) is 0 Å². The summed E-state index contributed by atoms with van der Waals surface area (Å²) in [5.41, 5.74) is 5.07. The summed E-state index contributed by atoms with van der Waals surface area (Å²) in [5, 5.41) is 3.86. The number of nitrogens with one attached hydrogen (secondary N) is 1. The van der Waals surface area contributed by atoms with Crippen molar-refractivity contribution >= 4 is 5.69 Å². The molecule has 1 unspecified atom stereocenters. The Morgan fingerprint density at radius 2 is 1.94 bits per heavy atom. The standard InChI is InChI=1S/C17H25N/c1-17(2)12-6-11-16(17)18-15-10-5-8-13-7-3-4-9-14(13)15/h5,8,10,16,18H,3-4,6-7,9,11-12H2,1-2H3. The molecule has 2 aliphatic rings. The fourth-order valence-corrected chi connectivity index (χ4v) is 3.70. The van der Waals surface area contributed by atoms with Crippen LogP contribution < -0.4 is 5.32 Å². The second-order valence-electron chi connectivity index (χ2n) is 6.73. The number of hydrogen-bond donors (Lipinski definition) is 1. The van der Waals surface area contributed by atoms with Crippen LogP contribution in [0, 0.1) is 5.41 Å².